The van der Waals surface area contributed by atoms with E-state index in [1.165, 1.54) is 0 Å². The maximum absolute atomic E-state index is 5.97. The summed E-state index contributed by atoms with van der Waals surface area (Å²) >= 11 is 23.2. The first-order valence-electron chi connectivity index (χ1n) is 3.02. The zero-order valence-corrected chi connectivity index (χ0v) is 10.7. The van der Waals surface area contributed by atoms with Crippen LogP contribution in [-0.2, 0) is 0 Å². The van der Waals surface area contributed by atoms with Gasteiger partial charge in [-0.05, 0) is 18.1 Å². The second-order valence-electron chi connectivity index (χ2n) is 2.05. The Morgan fingerprint density at radius 3 is 2.10 bits per heavy atom. The first-order chi connectivity index (χ1) is 4.48. The highest BCUT2D eigenvalue weighted by molar-refractivity contribution is 7.46. The summed E-state index contributed by atoms with van der Waals surface area (Å²) < 4.78 is 0. The molecule has 0 aliphatic rings. The van der Waals surface area contributed by atoms with Crippen molar-refractivity contribution in [2.24, 2.45) is 0 Å². The third kappa shape index (κ3) is 6.31. The molecule has 0 aromatic carbocycles. The van der Waals surface area contributed by atoms with Gasteiger partial charge in [0.05, 0.1) is 0 Å². The third-order valence-corrected chi connectivity index (χ3v) is 8.21. The van der Waals surface area contributed by atoms with Crippen molar-refractivity contribution in [1.82, 2.24) is 0 Å². The van der Waals surface area contributed by atoms with Crippen molar-refractivity contribution in [1.29, 1.82) is 0 Å². The predicted molar refractivity (Wildman–Crippen MR) is 55.0 cm³/mol. The normalized spacial score (nSPS) is 12.6. The van der Waals surface area contributed by atoms with Crippen LogP contribution in [0.25, 0.3) is 0 Å². The Bertz CT molecular complexity index is 95.3. The van der Waals surface area contributed by atoms with E-state index in [1.807, 2.05) is 6.92 Å². The average Bonchev–Trinajstić information content (AvgIpc) is 1.85. The van der Waals surface area contributed by atoms with Gasteiger partial charge in [-0.25, -0.2) is 0 Å². The number of hydrogen-bond donors (Lipinski definition) is 0. The SMILES string of the molecule is CC[Si](Cl)(Cl)CC[Si](Cl)Cl. The molecule has 0 aliphatic carbocycles. The minimum atomic E-state index is -1.94. The molecule has 0 nitrogen and oxygen atoms in total. The highest BCUT2D eigenvalue weighted by atomic mass is 35.7. The molecule has 6 heteroatoms. The van der Waals surface area contributed by atoms with E-state index in [1.54, 1.807) is 0 Å². The molecule has 10 heavy (non-hydrogen) atoms. The summed E-state index contributed by atoms with van der Waals surface area (Å²) in [6, 6.07) is 2.51. The summed E-state index contributed by atoms with van der Waals surface area (Å²) in [4.78, 5) is 0. The van der Waals surface area contributed by atoms with E-state index in [4.69, 9.17) is 44.3 Å². The van der Waals surface area contributed by atoms with Crippen LogP contribution in [0, 0.1) is 0 Å². The molecule has 61 valence electrons. The van der Waals surface area contributed by atoms with E-state index in [-0.39, 0.29) is 0 Å². The monoisotopic (exact) mass is 253 g/mol. The molecule has 0 bridgehead atoms. The van der Waals surface area contributed by atoms with Crippen LogP contribution in [0.15, 0.2) is 0 Å². The Morgan fingerprint density at radius 2 is 1.80 bits per heavy atom. The molecule has 0 saturated heterocycles. The van der Waals surface area contributed by atoms with Crippen molar-refractivity contribution < 1.29 is 0 Å². The molecule has 0 unspecified atom stereocenters. The van der Waals surface area contributed by atoms with Crippen molar-refractivity contribution in [2.75, 3.05) is 0 Å². The fourth-order valence-electron chi connectivity index (χ4n) is 0.454. The molecule has 0 amide bonds. The lowest BCUT2D eigenvalue weighted by Crippen LogP contribution is -2.17. The van der Waals surface area contributed by atoms with Crippen LogP contribution in [0.3, 0.4) is 0 Å². The highest BCUT2D eigenvalue weighted by Crippen LogP contribution is 2.28. The topological polar surface area (TPSA) is 0 Å². The van der Waals surface area contributed by atoms with Crippen molar-refractivity contribution in [2.45, 2.75) is 25.1 Å². The van der Waals surface area contributed by atoms with Gasteiger partial charge in [0.2, 0.25) is 0 Å². The van der Waals surface area contributed by atoms with Gasteiger partial charge in [-0.3, -0.25) is 0 Å². The molecule has 0 spiro atoms. The van der Waals surface area contributed by atoms with Gasteiger partial charge in [0.1, 0.15) is 0 Å². The van der Waals surface area contributed by atoms with Gasteiger partial charge in [-0.1, -0.05) is 6.92 Å². The molecule has 0 saturated carbocycles. The maximum atomic E-state index is 5.97. The van der Waals surface area contributed by atoms with Gasteiger partial charge in [-0.15, -0.1) is 44.3 Å². The molecule has 0 aliphatic heterocycles. The van der Waals surface area contributed by atoms with E-state index in [9.17, 15) is 0 Å². The van der Waals surface area contributed by atoms with Crippen molar-refractivity contribution in [3.05, 3.63) is 0 Å². The van der Waals surface area contributed by atoms with Crippen LogP contribution >= 0.6 is 44.3 Å². The highest BCUT2D eigenvalue weighted by Gasteiger charge is 2.26. The molecular weight excluding hydrogens is 246 g/mol. The van der Waals surface area contributed by atoms with Gasteiger partial charge in [0.25, 0.3) is 14.1 Å². The number of hydrogen-bond acceptors (Lipinski definition) is 0. The quantitative estimate of drug-likeness (QED) is 0.528. The number of rotatable bonds is 4. The minimum absolute atomic E-state index is 0.806. The third-order valence-electron chi connectivity index (χ3n) is 1.20. The average molecular weight is 255 g/mol. The van der Waals surface area contributed by atoms with Crippen molar-refractivity contribution in [3.8, 4) is 0 Å². The summed E-state index contributed by atoms with van der Waals surface area (Å²) in [7, 11) is -1.17. The standard InChI is InChI=1S/C4H9Cl4Si2/c1-2-10(7,8)4-3-9(5)6/h2-4H2,1H3. The van der Waals surface area contributed by atoms with Gasteiger partial charge >= 0.3 is 0 Å². The summed E-state index contributed by atoms with van der Waals surface area (Å²) in [6.45, 7) is 0.0621. The Morgan fingerprint density at radius 1 is 1.30 bits per heavy atom. The van der Waals surface area contributed by atoms with Crippen LogP contribution in [-0.4, -0.2) is 14.1 Å². The molecule has 1 radical (unpaired) electrons. The summed E-state index contributed by atoms with van der Waals surface area (Å²) in [5, 5.41) is 0. The van der Waals surface area contributed by atoms with Gasteiger partial charge in [-0.2, -0.15) is 0 Å². The summed E-state index contributed by atoms with van der Waals surface area (Å²) in [5.41, 5.74) is 0. The van der Waals surface area contributed by atoms with Crippen LogP contribution < -0.4 is 0 Å². The van der Waals surface area contributed by atoms with E-state index in [0.29, 0.717) is 0 Å². The molecule has 0 rings (SSSR count). The largest absolute Gasteiger partial charge is 0.273 e. The molecular formula is C4H9Cl4Si2. The first kappa shape index (κ1) is 11.6. The second-order valence-corrected chi connectivity index (χ2v) is 14.4. The van der Waals surface area contributed by atoms with Crippen LogP contribution in [0.1, 0.15) is 6.92 Å². The summed E-state index contributed by atoms with van der Waals surface area (Å²) in [6.07, 6.45) is 0. The Labute approximate surface area is 83.2 Å². The zero-order chi connectivity index (χ0) is 8.20. The van der Waals surface area contributed by atoms with Gasteiger partial charge in [0.15, 0.2) is 0 Å². The second kappa shape index (κ2) is 5.28. The van der Waals surface area contributed by atoms with E-state index < -0.39 is 14.1 Å². The van der Waals surface area contributed by atoms with Crippen LogP contribution in [0.2, 0.25) is 18.1 Å². The smallest absolute Gasteiger partial charge is 0.147 e. The molecule has 0 aromatic rings. The fraction of sp³-hybridized carbons (Fsp3) is 1.00. The zero-order valence-electron chi connectivity index (χ0n) is 5.63. The van der Waals surface area contributed by atoms with E-state index in [0.717, 1.165) is 18.1 Å². The molecule has 0 atom stereocenters. The fourth-order valence-corrected chi connectivity index (χ4v) is 6.43. The molecule has 0 fully saturated rings. The maximum Gasteiger partial charge on any atom is 0.273 e. The molecule has 0 aromatic heterocycles. The van der Waals surface area contributed by atoms with Crippen molar-refractivity contribution in [3.63, 3.8) is 0 Å². The van der Waals surface area contributed by atoms with Gasteiger partial charge in [0, 0.05) is 0 Å². The predicted octanol–water partition coefficient (Wildman–Crippen LogP) is 3.89. The molecule has 0 heterocycles. The lowest BCUT2D eigenvalue weighted by molar-refractivity contribution is 1.32. The Balaban J connectivity index is 3.46. The van der Waals surface area contributed by atoms with Crippen LogP contribution in [0.4, 0.5) is 0 Å². The van der Waals surface area contributed by atoms with Crippen LogP contribution in [0.5, 0.6) is 0 Å². The van der Waals surface area contributed by atoms with E-state index >= 15 is 0 Å². The first-order valence-corrected chi connectivity index (χ1v) is 11.2. The summed E-state index contributed by atoms with van der Waals surface area (Å²) in [5.74, 6) is 0. The number of halogens is 4. The molecule has 0 N–H and O–H groups in total. The van der Waals surface area contributed by atoms with E-state index in [2.05, 4.69) is 0 Å². The lowest BCUT2D eigenvalue weighted by atomic mass is 10.9. The Kier molecular flexibility index (Phi) is 6.12. The lowest BCUT2D eigenvalue weighted by Gasteiger charge is -2.12. The van der Waals surface area contributed by atoms with Gasteiger partial charge < -0.3 is 0 Å². The minimum Gasteiger partial charge on any atom is -0.147 e. The van der Waals surface area contributed by atoms with Crippen molar-refractivity contribution >= 4 is 58.4 Å². The Hall–Kier alpha value is 1.59.